The van der Waals surface area contributed by atoms with Crippen LogP contribution in [0.1, 0.15) is 31.9 Å². The highest BCUT2D eigenvalue weighted by molar-refractivity contribution is 9.10. The van der Waals surface area contributed by atoms with Gasteiger partial charge in [0.25, 0.3) is 10.0 Å². The van der Waals surface area contributed by atoms with E-state index >= 15 is 0 Å². The fraction of sp³-hybridized carbons (Fsp3) is 0.240. The lowest BCUT2D eigenvalue weighted by Gasteiger charge is -2.26. The lowest BCUT2D eigenvalue weighted by Crippen LogP contribution is -2.42. The van der Waals surface area contributed by atoms with Crippen LogP contribution in [0.25, 0.3) is 0 Å². The second-order valence-corrected chi connectivity index (χ2v) is 10.7. The molecular formula is C25H27BrN2O3S. The van der Waals surface area contributed by atoms with E-state index in [-0.39, 0.29) is 23.4 Å². The van der Waals surface area contributed by atoms with Gasteiger partial charge in [-0.2, -0.15) is 0 Å². The predicted octanol–water partition coefficient (Wildman–Crippen LogP) is 5.55. The number of hydrogen-bond acceptors (Lipinski definition) is 3. The van der Waals surface area contributed by atoms with Crippen molar-refractivity contribution in [3.63, 3.8) is 0 Å². The number of nitrogens with zero attached hydrogens (tertiary/aromatic N) is 1. The van der Waals surface area contributed by atoms with E-state index in [1.54, 1.807) is 36.4 Å². The number of sulfonamides is 1. The Morgan fingerprint density at radius 2 is 1.56 bits per heavy atom. The molecule has 0 aromatic heterocycles. The summed E-state index contributed by atoms with van der Waals surface area (Å²) in [4.78, 5) is 13.3. The number of amides is 1. The maximum atomic E-state index is 13.4. The van der Waals surface area contributed by atoms with Crippen LogP contribution in [0.15, 0.2) is 94.3 Å². The summed E-state index contributed by atoms with van der Waals surface area (Å²) in [6, 6.07) is 24.6. The molecule has 3 aromatic carbocycles. The molecule has 7 heteroatoms. The molecular weight excluding hydrogens is 488 g/mol. The van der Waals surface area contributed by atoms with Crippen LogP contribution in [0.5, 0.6) is 0 Å². The van der Waals surface area contributed by atoms with Gasteiger partial charge in [-0.05, 0) is 48.2 Å². The van der Waals surface area contributed by atoms with E-state index in [4.69, 9.17) is 0 Å². The average molecular weight is 515 g/mol. The van der Waals surface area contributed by atoms with E-state index in [1.807, 2.05) is 36.4 Å². The molecule has 1 unspecified atom stereocenters. The van der Waals surface area contributed by atoms with E-state index < -0.39 is 10.0 Å². The van der Waals surface area contributed by atoms with Gasteiger partial charge in [-0.3, -0.25) is 9.10 Å². The average Bonchev–Trinajstić information content (AvgIpc) is 2.78. The molecule has 0 saturated carbocycles. The predicted molar refractivity (Wildman–Crippen MR) is 132 cm³/mol. The Kier molecular flexibility index (Phi) is 8.10. The van der Waals surface area contributed by atoms with Crippen molar-refractivity contribution in [2.75, 3.05) is 10.8 Å². The van der Waals surface area contributed by atoms with Gasteiger partial charge >= 0.3 is 0 Å². The highest BCUT2D eigenvalue weighted by Gasteiger charge is 2.28. The SMILES string of the molecule is CC(C)CC(NC(=O)CN(c1cccc(Br)c1)S(=O)(=O)c1ccccc1)c1ccccc1. The Bertz CT molecular complexity index is 1140. The first-order chi connectivity index (χ1) is 15.3. The molecule has 1 amide bonds. The van der Waals surface area contributed by atoms with Crippen molar-refractivity contribution in [3.8, 4) is 0 Å². The normalized spacial score (nSPS) is 12.4. The quantitative estimate of drug-likeness (QED) is 0.407. The lowest BCUT2D eigenvalue weighted by atomic mass is 9.97. The number of hydrogen-bond donors (Lipinski definition) is 1. The smallest absolute Gasteiger partial charge is 0.264 e. The standard InChI is InChI=1S/C25H27BrN2O3S/c1-19(2)16-24(20-10-5-3-6-11-20)27-25(29)18-28(22-13-9-12-21(26)17-22)32(30,31)23-14-7-4-8-15-23/h3-15,17,19,24H,16,18H2,1-2H3,(H,27,29). The van der Waals surface area contributed by atoms with Crippen molar-refractivity contribution < 1.29 is 13.2 Å². The van der Waals surface area contributed by atoms with Crippen LogP contribution in [-0.2, 0) is 14.8 Å². The molecule has 0 fully saturated rings. The zero-order valence-corrected chi connectivity index (χ0v) is 20.5. The molecule has 3 rings (SSSR count). The topological polar surface area (TPSA) is 66.5 Å². The Balaban J connectivity index is 1.91. The van der Waals surface area contributed by atoms with E-state index in [0.29, 0.717) is 11.6 Å². The maximum absolute atomic E-state index is 13.4. The van der Waals surface area contributed by atoms with Crippen LogP contribution in [0.3, 0.4) is 0 Å². The molecule has 168 valence electrons. The molecule has 0 aliphatic rings. The van der Waals surface area contributed by atoms with Crippen LogP contribution < -0.4 is 9.62 Å². The minimum Gasteiger partial charge on any atom is -0.348 e. The van der Waals surface area contributed by atoms with Gasteiger partial charge in [0.15, 0.2) is 0 Å². The minimum atomic E-state index is -3.94. The zero-order chi connectivity index (χ0) is 23.1. The van der Waals surface area contributed by atoms with Crippen molar-refractivity contribution >= 4 is 37.5 Å². The molecule has 5 nitrogen and oxygen atoms in total. The Morgan fingerprint density at radius 3 is 2.16 bits per heavy atom. The first kappa shape index (κ1) is 24.0. The number of anilines is 1. The molecule has 1 N–H and O–H groups in total. The van der Waals surface area contributed by atoms with Gasteiger partial charge in [-0.15, -0.1) is 0 Å². The van der Waals surface area contributed by atoms with Crippen molar-refractivity contribution in [1.82, 2.24) is 5.32 Å². The summed E-state index contributed by atoms with van der Waals surface area (Å²) in [5.74, 6) is -0.00581. The summed E-state index contributed by atoms with van der Waals surface area (Å²) < 4.78 is 28.8. The summed E-state index contributed by atoms with van der Waals surface area (Å²) in [5.41, 5.74) is 1.41. The molecule has 3 aromatic rings. The molecule has 0 radical (unpaired) electrons. The maximum Gasteiger partial charge on any atom is 0.264 e. The number of carbonyl (C=O) groups is 1. The van der Waals surface area contributed by atoms with E-state index in [1.165, 1.54) is 12.1 Å². The number of benzene rings is 3. The number of rotatable bonds is 9. The number of nitrogens with one attached hydrogen (secondary N) is 1. The van der Waals surface area contributed by atoms with Gasteiger partial charge in [-0.1, -0.05) is 84.4 Å². The summed E-state index contributed by atoms with van der Waals surface area (Å²) in [7, 11) is -3.94. The van der Waals surface area contributed by atoms with Crippen LogP contribution in [0.2, 0.25) is 0 Å². The number of halogens is 1. The third-order valence-electron chi connectivity index (χ3n) is 4.96. The third kappa shape index (κ3) is 6.20. The second-order valence-electron chi connectivity index (χ2n) is 7.96. The second kappa shape index (κ2) is 10.8. The molecule has 0 aliphatic carbocycles. The van der Waals surface area contributed by atoms with Gasteiger partial charge in [0, 0.05) is 4.47 Å². The van der Waals surface area contributed by atoms with E-state index in [9.17, 15) is 13.2 Å². The van der Waals surface area contributed by atoms with Crippen molar-refractivity contribution in [3.05, 3.63) is 95.0 Å². The Labute approximate surface area is 198 Å². The first-order valence-electron chi connectivity index (χ1n) is 10.4. The van der Waals surface area contributed by atoms with Gasteiger partial charge in [0.05, 0.1) is 16.6 Å². The van der Waals surface area contributed by atoms with Crippen LogP contribution in [0.4, 0.5) is 5.69 Å². The summed E-state index contributed by atoms with van der Waals surface area (Å²) >= 11 is 3.40. The monoisotopic (exact) mass is 514 g/mol. The molecule has 32 heavy (non-hydrogen) atoms. The zero-order valence-electron chi connectivity index (χ0n) is 18.1. The van der Waals surface area contributed by atoms with Crippen LogP contribution >= 0.6 is 15.9 Å². The Morgan fingerprint density at radius 1 is 0.938 bits per heavy atom. The van der Waals surface area contributed by atoms with Crippen molar-refractivity contribution in [2.45, 2.75) is 31.2 Å². The fourth-order valence-electron chi connectivity index (χ4n) is 3.47. The van der Waals surface area contributed by atoms with E-state index in [0.717, 1.165) is 20.8 Å². The molecule has 0 aliphatic heterocycles. The highest BCUT2D eigenvalue weighted by Crippen LogP contribution is 2.27. The van der Waals surface area contributed by atoms with Gasteiger partial charge < -0.3 is 5.32 Å². The largest absolute Gasteiger partial charge is 0.348 e. The number of carbonyl (C=O) groups excluding carboxylic acids is 1. The van der Waals surface area contributed by atoms with Crippen molar-refractivity contribution in [1.29, 1.82) is 0 Å². The first-order valence-corrected chi connectivity index (χ1v) is 12.7. The molecule has 0 saturated heterocycles. The summed E-state index contributed by atoms with van der Waals surface area (Å²) in [6.07, 6.45) is 0.748. The van der Waals surface area contributed by atoms with Gasteiger partial charge in [-0.25, -0.2) is 8.42 Å². The van der Waals surface area contributed by atoms with Gasteiger partial charge in [0.2, 0.25) is 5.91 Å². The Hall–Kier alpha value is -2.64. The van der Waals surface area contributed by atoms with Gasteiger partial charge in [0.1, 0.15) is 6.54 Å². The third-order valence-corrected chi connectivity index (χ3v) is 7.24. The molecule has 0 spiro atoms. The molecule has 1 atom stereocenters. The lowest BCUT2D eigenvalue weighted by molar-refractivity contribution is -0.120. The molecule has 0 bridgehead atoms. The van der Waals surface area contributed by atoms with Crippen LogP contribution in [0, 0.1) is 5.92 Å². The van der Waals surface area contributed by atoms with E-state index in [2.05, 4.69) is 35.1 Å². The van der Waals surface area contributed by atoms with Crippen molar-refractivity contribution in [2.24, 2.45) is 5.92 Å². The molecule has 0 heterocycles. The minimum absolute atomic E-state index is 0.134. The fourth-order valence-corrected chi connectivity index (χ4v) is 5.29. The van der Waals surface area contributed by atoms with Crippen LogP contribution in [-0.4, -0.2) is 20.9 Å². The summed E-state index contributed by atoms with van der Waals surface area (Å²) in [5, 5.41) is 3.05. The summed E-state index contributed by atoms with van der Waals surface area (Å²) in [6.45, 7) is 3.86. The highest BCUT2D eigenvalue weighted by atomic mass is 79.9.